The summed E-state index contributed by atoms with van der Waals surface area (Å²) < 4.78 is 38.3. The molecule has 0 bridgehead atoms. The van der Waals surface area contributed by atoms with Gasteiger partial charge in [-0.15, -0.1) is 0 Å². The van der Waals surface area contributed by atoms with Crippen LogP contribution in [0.2, 0.25) is 0 Å². The SMILES string of the molecule is CC1CCCC(Nc2cc(C(F)(F)F)cc(N)n2)C1C. The number of pyridine rings is 1. The molecule has 0 aliphatic heterocycles. The molecule has 1 aliphatic carbocycles. The van der Waals surface area contributed by atoms with Gasteiger partial charge in [-0.3, -0.25) is 0 Å². The number of nitrogen functional groups attached to an aromatic ring is 1. The molecule has 20 heavy (non-hydrogen) atoms. The Labute approximate surface area is 116 Å². The van der Waals surface area contributed by atoms with E-state index >= 15 is 0 Å². The lowest BCUT2D eigenvalue weighted by atomic mass is 9.78. The molecule has 1 fully saturated rings. The van der Waals surface area contributed by atoms with Crippen molar-refractivity contribution in [1.82, 2.24) is 4.98 Å². The summed E-state index contributed by atoms with van der Waals surface area (Å²) in [4.78, 5) is 3.97. The van der Waals surface area contributed by atoms with Crippen LogP contribution in [0.3, 0.4) is 0 Å². The van der Waals surface area contributed by atoms with Crippen LogP contribution in [0.1, 0.15) is 38.7 Å². The molecule has 0 saturated heterocycles. The maximum absolute atomic E-state index is 12.8. The van der Waals surface area contributed by atoms with Crippen LogP contribution in [0.15, 0.2) is 12.1 Å². The van der Waals surface area contributed by atoms with Gasteiger partial charge >= 0.3 is 6.18 Å². The molecule has 0 amide bonds. The van der Waals surface area contributed by atoms with Crippen LogP contribution < -0.4 is 11.1 Å². The summed E-state index contributed by atoms with van der Waals surface area (Å²) in [5.41, 5.74) is 4.71. The van der Waals surface area contributed by atoms with E-state index in [2.05, 4.69) is 24.1 Å². The molecule has 1 saturated carbocycles. The number of rotatable bonds is 2. The summed E-state index contributed by atoms with van der Waals surface area (Å²) in [5, 5.41) is 3.12. The fourth-order valence-corrected chi connectivity index (χ4v) is 2.77. The predicted molar refractivity (Wildman–Crippen MR) is 73.2 cm³/mol. The Hall–Kier alpha value is -1.46. The van der Waals surface area contributed by atoms with E-state index in [1.54, 1.807) is 0 Å². The van der Waals surface area contributed by atoms with Crippen molar-refractivity contribution in [3.05, 3.63) is 17.7 Å². The number of nitrogens with one attached hydrogen (secondary N) is 1. The monoisotopic (exact) mass is 287 g/mol. The third kappa shape index (κ3) is 3.35. The fourth-order valence-electron chi connectivity index (χ4n) is 2.77. The highest BCUT2D eigenvalue weighted by Crippen LogP contribution is 2.34. The number of nitrogens with zero attached hydrogens (tertiary/aromatic N) is 1. The summed E-state index contributed by atoms with van der Waals surface area (Å²) in [6.07, 6.45) is -1.21. The second kappa shape index (κ2) is 5.50. The minimum Gasteiger partial charge on any atom is -0.384 e. The van der Waals surface area contributed by atoms with Crippen molar-refractivity contribution in [2.45, 2.75) is 45.3 Å². The number of alkyl halides is 3. The van der Waals surface area contributed by atoms with Gasteiger partial charge in [0.15, 0.2) is 0 Å². The molecule has 0 spiro atoms. The zero-order valence-corrected chi connectivity index (χ0v) is 11.7. The van der Waals surface area contributed by atoms with E-state index in [4.69, 9.17) is 5.73 Å². The first kappa shape index (κ1) is 14.9. The van der Waals surface area contributed by atoms with Crippen molar-refractivity contribution in [1.29, 1.82) is 0 Å². The van der Waals surface area contributed by atoms with Crippen LogP contribution >= 0.6 is 0 Å². The Morgan fingerprint density at radius 2 is 1.95 bits per heavy atom. The highest BCUT2D eigenvalue weighted by Gasteiger charge is 2.32. The predicted octanol–water partition coefficient (Wildman–Crippen LogP) is 3.92. The highest BCUT2D eigenvalue weighted by atomic mass is 19.4. The summed E-state index contributed by atoms with van der Waals surface area (Å²) in [7, 11) is 0. The molecule has 1 aromatic rings. The normalized spacial score (nSPS) is 27.4. The van der Waals surface area contributed by atoms with Gasteiger partial charge in [-0.2, -0.15) is 13.2 Å². The minimum absolute atomic E-state index is 0.112. The number of anilines is 2. The van der Waals surface area contributed by atoms with E-state index in [9.17, 15) is 13.2 Å². The molecule has 3 nitrogen and oxygen atoms in total. The molecule has 0 radical (unpaired) electrons. The van der Waals surface area contributed by atoms with Crippen molar-refractivity contribution in [3.63, 3.8) is 0 Å². The van der Waals surface area contributed by atoms with Crippen molar-refractivity contribution in [2.75, 3.05) is 11.1 Å². The lowest BCUT2D eigenvalue weighted by Crippen LogP contribution is -2.35. The standard InChI is InChI=1S/C14H20F3N3/c1-8-4-3-5-11(9(8)2)19-13-7-10(14(15,16)17)6-12(18)20-13/h6-9,11H,3-5H2,1-2H3,(H3,18,19,20). The molecule has 2 rings (SSSR count). The van der Waals surface area contributed by atoms with E-state index < -0.39 is 11.7 Å². The molecular formula is C14H20F3N3. The summed E-state index contributed by atoms with van der Waals surface area (Å²) in [5.74, 6) is 1.06. The first-order valence-electron chi connectivity index (χ1n) is 6.88. The lowest BCUT2D eigenvalue weighted by molar-refractivity contribution is -0.137. The van der Waals surface area contributed by atoms with Crippen LogP contribution in [-0.4, -0.2) is 11.0 Å². The third-order valence-corrected chi connectivity index (χ3v) is 4.21. The summed E-state index contributed by atoms with van der Waals surface area (Å²) >= 11 is 0. The minimum atomic E-state index is -4.40. The first-order chi connectivity index (χ1) is 9.27. The molecule has 6 heteroatoms. The lowest BCUT2D eigenvalue weighted by Gasteiger charge is -2.35. The Morgan fingerprint density at radius 1 is 1.25 bits per heavy atom. The van der Waals surface area contributed by atoms with Gasteiger partial charge in [-0.05, 0) is 30.4 Å². The number of hydrogen-bond donors (Lipinski definition) is 2. The van der Waals surface area contributed by atoms with E-state index in [-0.39, 0.29) is 17.7 Å². The second-order valence-corrected chi connectivity index (χ2v) is 5.68. The van der Waals surface area contributed by atoms with Crippen LogP contribution in [-0.2, 0) is 6.18 Å². The van der Waals surface area contributed by atoms with Crippen molar-refractivity contribution in [2.24, 2.45) is 11.8 Å². The van der Waals surface area contributed by atoms with Gasteiger partial charge in [0.05, 0.1) is 5.56 Å². The van der Waals surface area contributed by atoms with Gasteiger partial charge in [-0.1, -0.05) is 26.7 Å². The number of aromatic nitrogens is 1. The molecular weight excluding hydrogens is 267 g/mol. The zero-order chi connectivity index (χ0) is 14.9. The fraction of sp³-hybridized carbons (Fsp3) is 0.643. The van der Waals surface area contributed by atoms with E-state index in [0.29, 0.717) is 11.8 Å². The Bertz CT molecular complexity index is 473. The first-order valence-corrected chi connectivity index (χ1v) is 6.88. The molecule has 3 unspecified atom stereocenters. The largest absolute Gasteiger partial charge is 0.416 e. The molecule has 0 aromatic carbocycles. The number of hydrogen-bond acceptors (Lipinski definition) is 3. The van der Waals surface area contributed by atoms with Gasteiger partial charge in [0, 0.05) is 6.04 Å². The number of nitrogens with two attached hydrogens (primary N) is 1. The van der Waals surface area contributed by atoms with Crippen molar-refractivity contribution in [3.8, 4) is 0 Å². The Kier molecular flexibility index (Phi) is 4.11. The molecule has 1 aromatic heterocycles. The molecule has 3 atom stereocenters. The molecule has 1 aliphatic rings. The second-order valence-electron chi connectivity index (χ2n) is 5.68. The maximum atomic E-state index is 12.8. The maximum Gasteiger partial charge on any atom is 0.416 e. The average Bonchev–Trinajstić information content (AvgIpc) is 2.33. The van der Waals surface area contributed by atoms with Gasteiger partial charge in [-0.25, -0.2) is 4.98 Å². The van der Waals surface area contributed by atoms with Crippen molar-refractivity contribution >= 4 is 11.6 Å². The highest BCUT2D eigenvalue weighted by molar-refractivity contribution is 5.48. The van der Waals surface area contributed by atoms with Gasteiger partial charge in [0.25, 0.3) is 0 Å². The van der Waals surface area contributed by atoms with Crippen LogP contribution in [0, 0.1) is 11.8 Å². The van der Waals surface area contributed by atoms with Crippen molar-refractivity contribution < 1.29 is 13.2 Å². The van der Waals surface area contributed by atoms with Crippen LogP contribution in [0.4, 0.5) is 24.8 Å². The molecule has 112 valence electrons. The topological polar surface area (TPSA) is 50.9 Å². The van der Waals surface area contributed by atoms with Crippen LogP contribution in [0.25, 0.3) is 0 Å². The van der Waals surface area contributed by atoms with Gasteiger partial charge < -0.3 is 11.1 Å². The quantitative estimate of drug-likeness (QED) is 0.866. The smallest absolute Gasteiger partial charge is 0.384 e. The average molecular weight is 287 g/mol. The Morgan fingerprint density at radius 3 is 2.60 bits per heavy atom. The number of halogens is 3. The van der Waals surface area contributed by atoms with E-state index in [0.717, 1.165) is 31.4 Å². The van der Waals surface area contributed by atoms with Crippen LogP contribution in [0.5, 0.6) is 0 Å². The molecule has 1 heterocycles. The zero-order valence-electron chi connectivity index (χ0n) is 11.7. The third-order valence-electron chi connectivity index (χ3n) is 4.21. The Balaban J connectivity index is 2.19. The van der Waals surface area contributed by atoms with E-state index in [1.807, 2.05) is 0 Å². The summed E-state index contributed by atoms with van der Waals surface area (Å²) in [6.45, 7) is 4.30. The van der Waals surface area contributed by atoms with Gasteiger partial charge in [0.2, 0.25) is 0 Å². The summed E-state index contributed by atoms with van der Waals surface area (Å²) in [6, 6.07) is 2.04. The van der Waals surface area contributed by atoms with E-state index in [1.165, 1.54) is 0 Å². The van der Waals surface area contributed by atoms with Gasteiger partial charge in [0.1, 0.15) is 11.6 Å². The molecule has 3 N–H and O–H groups in total.